The average molecular weight is 315 g/mol. The van der Waals surface area contributed by atoms with Crippen LogP contribution in [0.25, 0.3) is 0 Å². The van der Waals surface area contributed by atoms with Gasteiger partial charge in [0, 0.05) is 6.04 Å². The van der Waals surface area contributed by atoms with Crippen LogP contribution in [0.4, 0.5) is 0 Å². The zero-order valence-corrected chi connectivity index (χ0v) is 13.1. The fourth-order valence-electron chi connectivity index (χ4n) is 2.18. The number of amides is 1. The number of hydrogen-bond acceptors (Lipinski definition) is 4. The minimum absolute atomic E-state index is 0. The molecule has 1 heterocycles. The van der Waals surface area contributed by atoms with Crippen molar-refractivity contribution in [3.63, 3.8) is 0 Å². The van der Waals surface area contributed by atoms with Crippen LogP contribution in [-0.2, 0) is 4.79 Å². The smallest absolute Gasteiger partial charge is 0.258 e. The minimum atomic E-state index is -0.0641. The molecule has 1 aromatic rings. The molecule has 0 saturated carbocycles. The zero-order valence-electron chi connectivity index (χ0n) is 12.3. The molecule has 2 N–H and O–H groups in total. The van der Waals surface area contributed by atoms with Crippen LogP contribution in [0.15, 0.2) is 24.3 Å². The second-order valence-electron chi connectivity index (χ2n) is 4.78. The first-order valence-electron chi connectivity index (χ1n) is 7.13. The number of piperidine rings is 1. The number of benzene rings is 1. The van der Waals surface area contributed by atoms with Crippen molar-refractivity contribution >= 4 is 18.3 Å². The maximum absolute atomic E-state index is 11.8. The number of hydrogen-bond donors (Lipinski definition) is 2. The Morgan fingerprint density at radius 3 is 2.33 bits per heavy atom. The van der Waals surface area contributed by atoms with Gasteiger partial charge < -0.3 is 20.1 Å². The van der Waals surface area contributed by atoms with E-state index in [1.54, 1.807) is 0 Å². The standard InChI is InChI=1S/C15H22N2O3.ClH/c1-2-19-13-3-5-14(6-4-13)20-11-15(18)17-12-7-9-16-10-8-12;/h3-6,12,16H,2,7-11H2,1H3,(H,17,18);1H. The van der Waals surface area contributed by atoms with Crippen molar-refractivity contribution in [1.29, 1.82) is 0 Å². The van der Waals surface area contributed by atoms with Gasteiger partial charge in [-0.25, -0.2) is 0 Å². The van der Waals surface area contributed by atoms with Gasteiger partial charge in [0.25, 0.3) is 5.91 Å². The Morgan fingerprint density at radius 1 is 1.19 bits per heavy atom. The Kier molecular flexibility index (Phi) is 7.93. The molecule has 6 heteroatoms. The predicted molar refractivity (Wildman–Crippen MR) is 84.4 cm³/mol. The van der Waals surface area contributed by atoms with Crippen molar-refractivity contribution in [2.24, 2.45) is 0 Å². The van der Waals surface area contributed by atoms with Crippen molar-refractivity contribution in [1.82, 2.24) is 10.6 Å². The third-order valence-electron chi connectivity index (χ3n) is 3.21. The van der Waals surface area contributed by atoms with E-state index in [-0.39, 0.29) is 31.0 Å². The van der Waals surface area contributed by atoms with Crippen molar-refractivity contribution in [2.75, 3.05) is 26.3 Å². The molecular formula is C15H23ClN2O3. The molecule has 1 saturated heterocycles. The number of nitrogens with one attached hydrogen (secondary N) is 2. The lowest BCUT2D eigenvalue weighted by Crippen LogP contribution is -2.44. The van der Waals surface area contributed by atoms with E-state index in [4.69, 9.17) is 9.47 Å². The maximum atomic E-state index is 11.8. The van der Waals surface area contributed by atoms with Gasteiger partial charge in [-0.05, 0) is 57.1 Å². The predicted octanol–water partition coefficient (Wildman–Crippen LogP) is 1.75. The molecule has 0 atom stereocenters. The van der Waals surface area contributed by atoms with Gasteiger partial charge in [0.15, 0.2) is 6.61 Å². The SMILES string of the molecule is CCOc1ccc(OCC(=O)NC2CCNCC2)cc1.Cl. The van der Waals surface area contributed by atoms with E-state index < -0.39 is 0 Å². The van der Waals surface area contributed by atoms with Crippen LogP contribution < -0.4 is 20.1 Å². The molecule has 2 rings (SSSR count). The first-order chi connectivity index (χ1) is 9.78. The second-order valence-corrected chi connectivity index (χ2v) is 4.78. The summed E-state index contributed by atoms with van der Waals surface area (Å²) in [4.78, 5) is 11.8. The Balaban J connectivity index is 0.00000220. The van der Waals surface area contributed by atoms with Gasteiger partial charge in [0.05, 0.1) is 6.61 Å². The largest absolute Gasteiger partial charge is 0.494 e. The molecule has 0 unspecified atom stereocenters. The van der Waals surface area contributed by atoms with Crippen LogP contribution in [0, 0.1) is 0 Å². The Hall–Kier alpha value is -1.46. The van der Waals surface area contributed by atoms with E-state index in [2.05, 4.69) is 10.6 Å². The molecule has 1 fully saturated rings. The molecule has 1 amide bonds. The molecule has 5 nitrogen and oxygen atoms in total. The van der Waals surface area contributed by atoms with Crippen LogP contribution in [0.1, 0.15) is 19.8 Å². The highest BCUT2D eigenvalue weighted by atomic mass is 35.5. The highest BCUT2D eigenvalue weighted by Crippen LogP contribution is 2.17. The summed E-state index contributed by atoms with van der Waals surface area (Å²) in [5.74, 6) is 1.42. The van der Waals surface area contributed by atoms with E-state index in [0.717, 1.165) is 31.7 Å². The van der Waals surface area contributed by atoms with Crippen molar-refractivity contribution in [3.8, 4) is 11.5 Å². The molecule has 0 spiro atoms. The zero-order chi connectivity index (χ0) is 14.2. The average Bonchev–Trinajstić information content (AvgIpc) is 2.48. The maximum Gasteiger partial charge on any atom is 0.258 e. The van der Waals surface area contributed by atoms with Crippen LogP contribution in [-0.4, -0.2) is 38.3 Å². The highest BCUT2D eigenvalue weighted by molar-refractivity contribution is 5.85. The van der Waals surface area contributed by atoms with E-state index >= 15 is 0 Å². The molecule has 0 aliphatic carbocycles. The highest BCUT2D eigenvalue weighted by Gasteiger charge is 2.15. The van der Waals surface area contributed by atoms with Crippen LogP contribution >= 0.6 is 12.4 Å². The fourth-order valence-corrected chi connectivity index (χ4v) is 2.18. The number of carbonyl (C=O) groups is 1. The lowest BCUT2D eigenvalue weighted by molar-refractivity contribution is -0.123. The first kappa shape index (κ1) is 17.6. The quantitative estimate of drug-likeness (QED) is 0.840. The number of halogens is 1. The van der Waals surface area contributed by atoms with Gasteiger partial charge in [-0.3, -0.25) is 4.79 Å². The summed E-state index contributed by atoms with van der Waals surface area (Å²) in [6.45, 7) is 4.56. The Bertz CT molecular complexity index is 419. The molecule has 0 radical (unpaired) electrons. The normalized spacial score (nSPS) is 14.9. The van der Waals surface area contributed by atoms with Crippen molar-refractivity contribution < 1.29 is 14.3 Å². The third kappa shape index (κ3) is 6.23. The molecule has 1 aliphatic rings. The summed E-state index contributed by atoms with van der Waals surface area (Å²) in [6, 6.07) is 7.56. The van der Waals surface area contributed by atoms with Gasteiger partial charge in [-0.2, -0.15) is 0 Å². The molecule has 1 aliphatic heterocycles. The molecule has 0 aromatic heterocycles. The lowest BCUT2D eigenvalue weighted by atomic mass is 10.1. The van der Waals surface area contributed by atoms with Gasteiger partial charge in [-0.1, -0.05) is 0 Å². The second kappa shape index (κ2) is 9.47. The summed E-state index contributed by atoms with van der Waals surface area (Å²) in [6.07, 6.45) is 1.96. The summed E-state index contributed by atoms with van der Waals surface area (Å²) in [5.41, 5.74) is 0. The van der Waals surface area contributed by atoms with Gasteiger partial charge >= 0.3 is 0 Å². The number of ether oxygens (including phenoxy) is 2. The van der Waals surface area contributed by atoms with E-state index in [9.17, 15) is 4.79 Å². The number of carbonyl (C=O) groups excluding carboxylic acids is 1. The molecule has 0 bridgehead atoms. The Morgan fingerprint density at radius 2 is 1.76 bits per heavy atom. The molecule has 21 heavy (non-hydrogen) atoms. The van der Waals surface area contributed by atoms with Gasteiger partial charge in [0.2, 0.25) is 0 Å². The molecule has 1 aromatic carbocycles. The summed E-state index contributed by atoms with van der Waals surface area (Å²) in [7, 11) is 0. The van der Waals surface area contributed by atoms with Gasteiger partial charge in [0.1, 0.15) is 11.5 Å². The summed E-state index contributed by atoms with van der Waals surface area (Å²) in [5, 5.41) is 6.26. The topological polar surface area (TPSA) is 59.6 Å². The lowest BCUT2D eigenvalue weighted by Gasteiger charge is -2.23. The Labute approximate surface area is 131 Å². The monoisotopic (exact) mass is 314 g/mol. The molecule has 118 valence electrons. The molecular weight excluding hydrogens is 292 g/mol. The summed E-state index contributed by atoms with van der Waals surface area (Å²) < 4.78 is 10.8. The van der Waals surface area contributed by atoms with E-state index in [1.807, 2.05) is 31.2 Å². The fraction of sp³-hybridized carbons (Fsp3) is 0.533. The van der Waals surface area contributed by atoms with E-state index in [0.29, 0.717) is 12.4 Å². The summed E-state index contributed by atoms with van der Waals surface area (Å²) >= 11 is 0. The van der Waals surface area contributed by atoms with Gasteiger partial charge in [-0.15, -0.1) is 12.4 Å². The number of rotatable bonds is 6. The van der Waals surface area contributed by atoms with Crippen LogP contribution in [0.5, 0.6) is 11.5 Å². The van der Waals surface area contributed by atoms with Crippen LogP contribution in [0.3, 0.4) is 0 Å². The third-order valence-corrected chi connectivity index (χ3v) is 3.21. The van der Waals surface area contributed by atoms with E-state index in [1.165, 1.54) is 0 Å². The van der Waals surface area contributed by atoms with Crippen molar-refractivity contribution in [2.45, 2.75) is 25.8 Å². The first-order valence-corrected chi connectivity index (χ1v) is 7.13. The van der Waals surface area contributed by atoms with Crippen molar-refractivity contribution in [3.05, 3.63) is 24.3 Å². The minimum Gasteiger partial charge on any atom is -0.494 e. The van der Waals surface area contributed by atoms with Crippen LogP contribution in [0.2, 0.25) is 0 Å².